The highest BCUT2D eigenvalue weighted by atomic mass is 35.5. The Morgan fingerprint density at radius 2 is 2.07 bits per heavy atom. The van der Waals surface area contributed by atoms with Crippen LogP contribution in [0.5, 0.6) is 0 Å². The van der Waals surface area contributed by atoms with Crippen LogP contribution in [0.1, 0.15) is 17.9 Å². The van der Waals surface area contributed by atoms with Crippen molar-refractivity contribution in [3.05, 3.63) is 47.3 Å². The lowest BCUT2D eigenvalue weighted by Crippen LogP contribution is -2.45. The molecule has 0 saturated carbocycles. The molecule has 4 rings (SSSR count). The summed E-state index contributed by atoms with van der Waals surface area (Å²) in [6.07, 6.45) is -3.61. The van der Waals surface area contributed by atoms with Crippen molar-refractivity contribution in [2.75, 3.05) is 5.73 Å². The van der Waals surface area contributed by atoms with Gasteiger partial charge in [0.15, 0.2) is 18.5 Å². The number of nitrogens with one attached hydrogen (secondary N) is 1. The van der Waals surface area contributed by atoms with Crippen LogP contribution in [0.25, 0.3) is 11.2 Å². The quantitative estimate of drug-likeness (QED) is 0.391. The van der Waals surface area contributed by atoms with Gasteiger partial charge in [-0.1, -0.05) is 22.7 Å². The number of rotatable bonds is 3. The molecule has 1 saturated heterocycles. The van der Waals surface area contributed by atoms with E-state index in [9.17, 15) is 19.7 Å². The van der Waals surface area contributed by atoms with E-state index in [1.807, 2.05) is 0 Å². The van der Waals surface area contributed by atoms with E-state index in [4.69, 9.17) is 22.1 Å². The van der Waals surface area contributed by atoms with Crippen LogP contribution >= 0.6 is 11.6 Å². The number of hydrogen-bond acceptors (Lipinski definition) is 7. The monoisotopic (exact) mass is 396 g/mol. The fourth-order valence-electron chi connectivity index (χ4n) is 3.18. The van der Waals surface area contributed by atoms with Crippen molar-refractivity contribution in [1.29, 1.82) is 0 Å². The highest BCUT2D eigenvalue weighted by molar-refractivity contribution is 6.30. The zero-order chi connectivity index (χ0) is 19.3. The molecule has 0 radical (unpaired) electrons. The maximum atomic E-state index is 13.3. The molecule has 2 aromatic heterocycles. The Bertz CT molecular complexity index is 1000. The average molecular weight is 397 g/mol. The summed E-state index contributed by atoms with van der Waals surface area (Å²) in [5, 5.41) is 31.2. The summed E-state index contributed by atoms with van der Waals surface area (Å²) in [6, 6.07) is 3.67. The highest BCUT2D eigenvalue weighted by Crippen LogP contribution is 2.35. The first-order valence-electron chi connectivity index (χ1n) is 8.01. The van der Waals surface area contributed by atoms with Crippen molar-refractivity contribution in [1.82, 2.24) is 15.0 Å². The van der Waals surface area contributed by atoms with Crippen LogP contribution in [-0.4, -0.2) is 48.6 Å². The fraction of sp³-hybridized carbons (Fsp3) is 0.312. The summed E-state index contributed by atoms with van der Waals surface area (Å²) in [7, 11) is 0. The first kappa shape index (κ1) is 18.0. The molecular weight excluding hydrogens is 381 g/mol. The Hall–Kier alpha value is -2.37. The minimum Gasteiger partial charge on any atom is -0.387 e. The van der Waals surface area contributed by atoms with E-state index in [-0.39, 0.29) is 16.4 Å². The summed E-state index contributed by atoms with van der Waals surface area (Å²) in [5.74, 6) is -0.422. The van der Waals surface area contributed by atoms with Crippen molar-refractivity contribution in [3.63, 3.8) is 0 Å². The minimum atomic E-state index is -1.41. The number of nitrogen functional groups attached to an aromatic ring is 1. The van der Waals surface area contributed by atoms with E-state index < -0.39 is 36.5 Å². The van der Waals surface area contributed by atoms with Crippen molar-refractivity contribution < 1.29 is 29.0 Å². The number of nitrogens with zero attached hydrogens (tertiary/aromatic N) is 3. The molecule has 0 spiro atoms. The maximum absolute atomic E-state index is 13.3. The Morgan fingerprint density at radius 1 is 1.30 bits per heavy atom. The summed E-state index contributed by atoms with van der Waals surface area (Å²) >= 11 is 5.75. The minimum absolute atomic E-state index is 0.172. The molecule has 3 aromatic rings. The van der Waals surface area contributed by atoms with Crippen LogP contribution in [0, 0.1) is 5.82 Å². The van der Waals surface area contributed by atoms with Crippen LogP contribution in [0.15, 0.2) is 30.9 Å². The number of aliphatic hydroxyl groups excluding tert-OH is 3. The molecule has 0 aliphatic carbocycles. The topological polar surface area (TPSA) is 141 Å². The van der Waals surface area contributed by atoms with Crippen molar-refractivity contribution in [2.24, 2.45) is 0 Å². The molecule has 9 nitrogen and oxygen atoms in total. The predicted molar refractivity (Wildman–Crippen MR) is 90.8 cm³/mol. The predicted octanol–water partition coefficient (Wildman–Crippen LogP) is -0.0271. The number of fused-ring (bicyclic) bond motifs is 1. The molecule has 6 N–H and O–H groups in total. The molecule has 1 fully saturated rings. The van der Waals surface area contributed by atoms with Crippen LogP contribution in [0.2, 0.25) is 5.02 Å². The lowest BCUT2D eigenvalue weighted by atomic mass is 9.99. The number of aromatic nitrogens is 4. The lowest BCUT2D eigenvalue weighted by molar-refractivity contribution is -0.745. The maximum Gasteiger partial charge on any atom is 0.309 e. The third-order valence-electron chi connectivity index (χ3n) is 4.59. The van der Waals surface area contributed by atoms with Gasteiger partial charge in [0.2, 0.25) is 11.7 Å². The van der Waals surface area contributed by atoms with E-state index in [1.54, 1.807) is 0 Å². The first-order valence-corrected chi connectivity index (χ1v) is 8.39. The van der Waals surface area contributed by atoms with Gasteiger partial charge in [-0.05, 0) is 17.7 Å². The Labute approximate surface area is 156 Å². The van der Waals surface area contributed by atoms with Gasteiger partial charge in [-0.2, -0.15) is 4.98 Å². The molecule has 0 unspecified atom stereocenters. The van der Waals surface area contributed by atoms with E-state index in [0.29, 0.717) is 11.2 Å². The standard InChI is InChI=1S/C16H15ClFN5O4/c17-7-3-6(1-2-8(7)18)10(24)13-11(25)12(26)16(27-13)23-5-22-9-14(19)20-4-21-15(9)23/h1-5,10-13,16,24-26H,(H2,19,20,21)/p+1/t10-,11+,12-,13-,16-/m1/s1. The van der Waals surface area contributed by atoms with Gasteiger partial charge in [-0.25, -0.2) is 8.96 Å². The summed E-state index contributed by atoms with van der Waals surface area (Å²) in [4.78, 5) is 10.8. The Kier molecular flexibility index (Phi) is 4.44. The van der Waals surface area contributed by atoms with E-state index in [1.165, 1.54) is 29.4 Å². The molecule has 0 bridgehead atoms. The lowest BCUT2D eigenvalue weighted by Gasteiger charge is -2.21. The molecular formula is C16H16ClFN5O4+. The first-order chi connectivity index (χ1) is 12.9. The number of nitrogens with two attached hydrogens (primary N) is 1. The number of aromatic amines is 1. The molecule has 3 heterocycles. The zero-order valence-electron chi connectivity index (χ0n) is 13.7. The van der Waals surface area contributed by atoms with Gasteiger partial charge < -0.3 is 25.8 Å². The van der Waals surface area contributed by atoms with Gasteiger partial charge in [0, 0.05) is 0 Å². The summed E-state index contributed by atoms with van der Waals surface area (Å²) < 4.78 is 20.5. The molecule has 1 aliphatic rings. The summed E-state index contributed by atoms with van der Waals surface area (Å²) in [5.41, 5.74) is 6.82. The molecule has 142 valence electrons. The normalized spacial score (nSPS) is 26.6. The van der Waals surface area contributed by atoms with Crippen molar-refractivity contribution in [2.45, 2.75) is 30.6 Å². The van der Waals surface area contributed by atoms with Crippen molar-refractivity contribution >= 4 is 28.6 Å². The highest BCUT2D eigenvalue weighted by Gasteiger charge is 2.49. The molecule has 5 atom stereocenters. The average Bonchev–Trinajstić information content (AvgIpc) is 3.20. The Morgan fingerprint density at radius 3 is 2.81 bits per heavy atom. The smallest absolute Gasteiger partial charge is 0.309 e. The number of benzene rings is 1. The molecule has 1 aromatic carbocycles. The van der Waals surface area contributed by atoms with E-state index >= 15 is 0 Å². The van der Waals surface area contributed by atoms with Gasteiger partial charge in [0.25, 0.3) is 0 Å². The van der Waals surface area contributed by atoms with Gasteiger partial charge in [-0.3, -0.25) is 4.98 Å². The Balaban J connectivity index is 1.66. The van der Waals surface area contributed by atoms with Crippen molar-refractivity contribution in [3.8, 4) is 0 Å². The molecule has 1 aliphatic heterocycles. The van der Waals surface area contributed by atoms with Gasteiger partial charge >= 0.3 is 5.65 Å². The molecule has 0 amide bonds. The second kappa shape index (κ2) is 6.66. The SMILES string of the molecule is Nc1ncnc2c1[nH]c[n+]2[C@@H]1O[C@H]([C@H](O)c2ccc(F)c(Cl)c2)[C@@H](O)[C@H]1O. The summed E-state index contributed by atoms with van der Waals surface area (Å²) in [6.45, 7) is 0. The number of H-pyrrole nitrogens is 1. The second-order valence-electron chi connectivity index (χ2n) is 6.23. The molecule has 11 heteroatoms. The number of hydrogen-bond donors (Lipinski definition) is 5. The second-order valence-corrected chi connectivity index (χ2v) is 6.64. The third kappa shape index (κ3) is 2.91. The fourth-order valence-corrected chi connectivity index (χ4v) is 3.36. The largest absolute Gasteiger partial charge is 0.387 e. The van der Waals surface area contributed by atoms with E-state index in [2.05, 4.69) is 15.0 Å². The van der Waals surface area contributed by atoms with Crippen LogP contribution in [-0.2, 0) is 4.74 Å². The van der Waals surface area contributed by atoms with Gasteiger partial charge in [0.05, 0.1) is 5.02 Å². The number of aliphatic hydroxyl groups is 3. The van der Waals surface area contributed by atoms with Gasteiger partial charge in [0.1, 0.15) is 30.2 Å². The van der Waals surface area contributed by atoms with Crippen LogP contribution in [0.4, 0.5) is 10.2 Å². The number of imidazole rings is 1. The third-order valence-corrected chi connectivity index (χ3v) is 4.88. The van der Waals surface area contributed by atoms with Crippen LogP contribution in [0.3, 0.4) is 0 Å². The number of ether oxygens (including phenoxy) is 1. The van der Waals surface area contributed by atoms with Crippen LogP contribution < -0.4 is 10.3 Å². The van der Waals surface area contributed by atoms with E-state index in [0.717, 1.165) is 6.07 Å². The number of anilines is 1. The number of halogens is 2. The molecule has 27 heavy (non-hydrogen) atoms. The zero-order valence-corrected chi connectivity index (χ0v) is 14.5. The van der Waals surface area contributed by atoms with Gasteiger partial charge in [-0.15, -0.1) is 0 Å².